The lowest BCUT2D eigenvalue weighted by Gasteiger charge is -2.12. The van der Waals surface area contributed by atoms with Gasteiger partial charge in [-0.15, -0.1) is 11.3 Å². The molecule has 0 aliphatic heterocycles. The maximum atomic E-state index is 13.4. The molecule has 0 atom stereocenters. The van der Waals surface area contributed by atoms with Crippen molar-refractivity contribution in [1.82, 2.24) is 14.1 Å². The van der Waals surface area contributed by atoms with Gasteiger partial charge in [-0.05, 0) is 42.0 Å². The largest absolute Gasteiger partial charge is 0.337 e. The molecule has 2 aromatic heterocycles. The van der Waals surface area contributed by atoms with Crippen LogP contribution in [0.4, 0.5) is 5.69 Å². The van der Waals surface area contributed by atoms with E-state index in [0.29, 0.717) is 20.4 Å². The van der Waals surface area contributed by atoms with Crippen LogP contribution >= 0.6 is 23.1 Å². The molecule has 0 bridgehead atoms. The molecule has 0 aliphatic carbocycles. The molecule has 0 saturated heterocycles. The van der Waals surface area contributed by atoms with Crippen molar-refractivity contribution in [1.29, 1.82) is 0 Å². The van der Waals surface area contributed by atoms with E-state index in [4.69, 9.17) is 0 Å². The predicted octanol–water partition coefficient (Wildman–Crippen LogP) is 3.92. The zero-order valence-electron chi connectivity index (χ0n) is 17.7. The Labute approximate surface area is 192 Å². The predicted molar refractivity (Wildman–Crippen MR) is 130 cm³/mol. The molecule has 0 aliphatic rings. The van der Waals surface area contributed by atoms with Crippen LogP contribution in [-0.4, -0.2) is 25.8 Å². The number of fused-ring (bicyclic) bond motifs is 1. The van der Waals surface area contributed by atoms with Crippen molar-refractivity contribution in [2.45, 2.75) is 31.2 Å². The van der Waals surface area contributed by atoms with Gasteiger partial charge in [0.1, 0.15) is 11.2 Å². The molecule has 0 radical (unpaired) electrons. The molecule has 0 spiro atoms. The average molecular weight is 467 g/mol. The Morgan fingerprint density at radius 1 is 1.09 bits per heavy atom. The quantitative estimate of drug-likeness (QED) is 0.417. The summed E-state index contributed by atoms with van der Waals surface area (Å²) < 4.78 is 3.42. The Morgan fingerprint density at radius 3 is 2.59 bits per heavy atom. The molecular weight excluding hydrogens is 444 g/mol. The first-order valence-electron chi connectivity index (χ1n) is 10.2. The van der Waals surface area contributed by atoms with Crippen LogP contribution in [0, 0.1) is 0 Å². The average Bonchev–Trinajstić information content (AvgIpc) is 3.22. The van der Waals surface area contributed by atoms with Gasteiger partial charge < -0.3 is 5.32 Å². The number of benzene rings is 2. The lowest BCUT2D eigenvalue weighted by Crippen LogP contribution is -2.40. The number of aryl methyl sites for hydroxylation is 1. The fraction of sp³-hybridized carbons (Fsp3) is 0.217. The fourth-order valence-corrected chi connectivity index (χ4v) is 5.33. The van der Waals surface area contributed by atoms with Gasteiger partial charge in [-0.2, -0.15) is 0 Å². The highest BCUT2D eigenvalue weighted by atomic mass is 32.2. The van der Waals surface area contributed by atoms with E-state index >= 15 is 0 Å². The normalized spacial score (nSPS) is 11.1. The lowest BCUT2D eigenvalue weighted by atomic mass is 10.1. The van der Waals surface area contributed by atoms with Crippen molar-refractivity contribution in [2.24, 2.45) is 0 Å². The van der Waals surface area contributed by atoms with Crippen LogP contribution in [0.15, 0.2) is 68.5 Å². The van der Waals surface area contributed by atoms with Gasteiger partial charge in [-0.3, -0.25) is 14.2 Å². The number of thioether (sulfide) groups is 1. The third-order valence-electron chi connectivity index (χ3n) is 4.87. The Hall–Kier alpha value is -3.17. The molecule has 32 heavy (non-hydrogen) atoms. The molecule has 0 unspecified atom stereocenters. The minimum Gasteiger partial charge on any atom is -0.325 e. The van der Waals surface area contributed by atoms with Crippen LogP contribution in [0.5, 0.6) is 0 Å². The van der Waals surface area contributed by atoms with Crippen molar-refractivity contribution in [3.05, 3.63) is 81.0 Å². The van der Waals surface area contributed by atoms with E-state index in [9.17, 15) is 14.4 Å². The molecular formula is C23H22N4O3S2. The second-order valence-corrected chi connectivity index (χ2v) is 9.52. The van der Waals surface area contributed by atoms with Crippen LogP contribution in [0.2, 0.25) is 0 Å². The van der Waals surface area contributed by atoms with Gasteiger partial charge in [-0.25, -0.2) is 14.3 Å². The van der Waals surface area contributed by atoms with Gasteiger partial charge in [0.05, 0.1) is 5.69 Å². The van der Waals surface area contributed by atoms with Crippen LogP contribution in [0.3, 0.4) is 0 Å². The third-order valence-corrected chi connectivity index (χ3v) is 6.93. The topological polar surface area (TPSA) is 86.0 Å². The Balaban J connectivity index is 1.81. The van der Waals surface area contributed by atoms with Crippen molar-refractivity contribution >= 4 is 45.0 Å². The maximum absolute atomic E-state index is 13.4. The molecule has 2 aromatic carbocycles. The first kappa shape index (κ1) is 22.0. The Morgan fingerprint density at radius 2 is 1.88 bits per heavy atom. The fourth-order valence-electron chi connectivity index (χ4n) is 3.36. The van der Waals surface area contributed by atoms with Gasteiger partial charge in [0.2, 0.25) is 5.91 Å². The van der Waals surface area contributed by atoms with E-state index in [0.717, 1.165) is 22.3 Å². The number of carbonyl (C=O) groups excluding carboxylic acids is 1. The van der Waals surface area contributed by atoms with Crippen LogP contribution < -0.4 is 16.6 Å². The molecule has 1 amide bonds. The smallest absolute Gasteiger partial charge is 0.325 e. The van der Waals surface area contributed by atoms with Crippen molar-refractivity contribution in [2.75, 3.05) is 11.1 Å². The zero-order chi connectivity index (χ0) is 22.7. The number of amides is 1. The number of nitrogens with zero attached hydrogens (tertiary/aromatic N) is 3. The SMILES string of the molecule is CCSc1nc2c(s1)c(=O)n(-c1ccccc1)c(=O)n2CC(=O)Nc1cccc(CC)c1. The molecule has 9 heteroatoms. The van der Waals surface area contributed by atoms with Crippen LogP contribution in [-0.2, 0) is 17.8 Å². The van der Waals surface area contributed by atoms with Crippen molar-refractivity contribution in [3.63, 3.8) is 0 Å². The van der Waals surface area contributed by atoms with E-state index in [1.165, 1.54) is 27.7 Å². The molecule has 4 aromatic rings. The van der Waals surface area contributed by atoms with Gasteiger partial charge in [-0.1, -0.05) is 55.9 Å². The second-order valence-electron chi connectivity index (χ2n) is 7.01. The van der Waals surface area contributed by atoms with Crippen LogP contribution in [0.1, 0.15) is 19.4 Å². The van der Waals surface area contributed by atoms with Crippen molar-refractivity contribution in [3.8, 4) is 5.69 Å². The molecule has 1 N–H and O–H groups in total. The van der Waals surface area contributed by atoms with Crippen LogP contribution in [0.25, 0.3) is 16.0 Å². The standard InChI is InChI=1S/C23H22N4O3S2/c1-3-15-9-8-10-16(13-15)24-18(28)14-26-20-19(32-22(25-20)31-4-2)21(29)27(23(26)30)17-11-6-5-7-12-17/h5-13H,3-4,14H2,1-2H3,(H,24,28). The van der Waals surface area contributed by atoms with E-state index < -0.39 is 11.2 Å². The number of carbonyl (C=O) groups is 1. The highest BCUT2D eigenvalue weighted by molar-refractivity contribution is 8.01. The molecule has 7 nitrogen and oxygen atoms in total. The summed E-state index contributed by atoms with van der Waals surface area (Å²) in [6, 6.07) is 16.3. The molecule has 0 fully saturated rings. The monoisotopic (exact) mass is 466 g/mol. The number of para-hydroxylation sites is 1. The molecule has 4 rings (SSSR count). The number of nitrogens with one attached hydrogen (secondary N) is 1. The maximum Gasteiger partial charge on any atom is 0.337 e. The Bertz CT molecular complexity index is 1390. The second kappa shape index (κ2) is 9.54. The summed E-state index contributed by atoms with van der Waals surface area (Å²) in [6.45, 7) is 3.78. The van der Waals surface area contributed by atoms with E-state index in [-0.39, 0.29) is 18.1 Å². The van der Waals surface area contributed by atoms with Crippen molar-refractivity contribution < 1.29 is 4.79 Å². The lowest BCUT2D eigenvalue weighted by molar-refractivity contribution is -0.116. The number of hydrogen-bond donors (Lipinski definition) is 1. The Kier molecular flexibility index (Phi) is 6.57. The number of rotatable bonds is 7. The summed E-state index contributed by atoms with van der Waals surface area (Å²) in [5, 5.41) is 2.85. The third kappa shape index (κ3) is 4.39. The minimum absolute atomic E-state index is 0.241. The first-order valence-corrected chi connectivity index (χ1v) is 12.1. The summed E-state index contributed by atoms with van der Waals surface area (Å²) in [6.07, 6.45) is 0.850. The van der Waals surface area contributed by atoms with E-state index in [1.54, 1.807) is 30.3 Å². The first-order chi connectivity index (χ1) is 15.5. The number of thiazole rings is 1. The summed E-state index contributed by atoms with van der Waals surface area (Å²) in [7, 11) is 0. The highest BCUT2D eigenvalue weighted by Gasteiger charge is 2.20. The molecule has 0 saturated carbocycles. The summed E-state index contributed by atoms with van der Waals surface area (Å²) in [5.74, 6) is 0.420. The van der Waals surface area contributed by atoms with Gasteiger partial charge in [0.25, 0.3) is 5.56 Å². The molecule has 164 valence electrons. The minimum atomic E-state index is -0.593. The zero-order valence-corrected chi connectivity index (χ0v) is 19.3. The number of aromatic nitrogens is 3. The molecule has 2 heterocycles. The summed E-state index contributed by atoms with van der Waals surface area (Å²) in [5.41, 5.74) is 1.43. The summed E-state index contributed by atoms with van der Waals surface area (Å²) in [4.78, 5) is 43.9. The van der Waals surface area contributed by atoms with Gasteiger partial charge in [0.15, 0.2) is 9.99 Å². The van der Waals surface area contributed by atoms with E-state index in [1.807, 2.05) is 38.1 Å². The highest BCUT2D eigenvalue weighted by Crippen LogP contribution is 2.27. The number of hydrogen-bond acceptors (Lipinski definition) is 6. The van der Waals surface area contributed by atoms with E-state index in [2.05, 4.69) is 10.3 Å². The number of anilines is 1. The van der Waals surface area contributed by atoms with Gasteiger partial charge >= 0.3 is 5.69 Å². The van der Waals surface area contributed by atoms with Gasteiger partial charge in [0, 0.05) is 5.69 Å². The summed E-state index contributed by atoms with van der Waals surface area (Å²) >= 11 is 2.74.